The summed E-state index contributed by atoms with van der Waals surface area (Å²) in [5, 5.41) is 7.12. The first-order valence-corrected chi connectivity index (χ1v) is 13.1. The average molecular weight is 536 g/mol. The number of para-hydroxylation sites is 1. The van der Waals surface area contributed by atoms with E-state index in [2.05, 4.69) is 33.4 Å². The first-order valence-electron chi connectivity index (χ1n) is 11.4. The summed E-state index contributed by atoms with van der Waals surface area (Å²) in [4.78, 5) is 19.0. The summed E-state index contributed by atoms with van der Waals surface area (Å²) in [5.74, 6) is 0. The summed E-state index contributed by atoms with van der Waals surface area (Å²) in [5.41, 5.74) is 5.14. The molecule has 1 saturated carbocycles. The summed E-state index contributed by atoms with van der Waals surface area (Å²) in [6.07, 6.45) is 5.60. The van der Waals surface area contributed by atoms with Gasteiger partial charge in [0.2, 0.25) is 4.80 Å². The minimum atomic E-state index is -0.138. The third-order valence-electron chi connectivity index (χ3n) is 6.21. The predicted molar refractivity (Wildman–Crippen MR) is 142 cm³/mol. The van der Waals surface area contributed by atoms with E-state index >= 15 is 0 Å². The zero-order valence-electron chi connectivity index (χ0n) is 19.2. The second-order valence-corrected chi connectivity index (χ2v) is 10.2. The van der Waals surface area contributed by atoms with Crippen LogP contribution in [0.4, 0.5) is 5.69 Å². The van der Waals surface area contributed by atoms with Crippen molar-refractivity contribution in [2.45, 2.75) is 39.0 Å². The Morgan fingerprint density at radius 3 is 2.50 bits per heavy atom. The van der Waals surface area contributed by atoms with Gasteiger partial charge < -0.3 is 0 Å². The highest BCUT2D eigenvalue weighted by molar-refractivity contribution is 9.10. The first-order chi connectivity index (χ1) is 16.5. The topological polar surface area (TPSA) is 56.6 Å². The highest BCUT2D eigenvalue weighted by atomic mass is 79.9. The summed E-state index contributed by atoms with van der Waals surface area (Å²) in [7, 11) is 1.89. The van der Waals surface area contributed by atoms with Crippen molar-refractivity contribution in [2.75, 3.05) is 0 Å². The molecule has 5 rings (SSSR count). The van der Waals surface area contributed by atoms with Crippen molar-refractivity contribution in [3.8, 4) is 16.9 Å². The van der Waals surface area contributed by atoms with Crippen LogP contribution in [0.1, 0.15) is 37.8 Å². The minimum Gasteiger partial charge on any atom is -0.283 e. The van der Waals surface area contributed by atoms with Crippen LogP contribution in [0.25, 0.3) is 16.9 Å². The lowest BCUT2D eigenvalue weighted by Crippen LogP contribution is -2.20. The molecule has 0 spiro atoms. The van der Waals surface area contributed by atoms with Crippen LogP contribution in [0.2, 0.25) is 0 Å². The fourth-order valence-electron chi connectivity index (χ4n) is 4.30. The molecule has 0 unspecified atom stereocenters. The van der Waals surface area contributed by atoms with E-state index in [9.17, 15) is 4.79 Å². The molecule has 0 radical (unpaired) electrons. The molecule has 8 heteroatoms. The van der Waals surface area contributed by atoms with Gasteiger partial charge in [0.15, 0.2) is 5.69 Å². The van der Waals surface area contributed by atoms with Gasteiger partial charge in [-0.25, -0.2) is 14.4 Å². The molecule has 0 aliphatic heterocycles. The van der Waals surface area contributed by atoms with E-state index < -0.39 is 0 Å². The molecule has 34 heavy (non-hydrogen) atoms. The highest BCUT2D eigenvalue weighted by Gasteiger charge is 2.17. The third kappa shape index (κ3) is 4.40. The van der Waals surface area contributed by atoms with Crippen molar-refractivity contribution in [3.63, 3.8) is 0 Å². The number of rotatable bonds is 4. The van der Waals surface area contributed by atoms with Crippen LogP contribution in [-0.2, 0) is 7.05 Å². The average Bonchev–Trinajstić information content (AvgIpc) is 3.34. The van der Waals surface area contributed by atoms with Gasteiger partial charge in [0.05, 0.1) is 17.1 Å². The van der Waals surface area contributed by atoms with Crippen molar-refractivity contribution in [2.24, 2.45) is 17.1 Å². The van der Waals surface area contributed by atoms with Crippen LogP contribution in [0, 0.1) is 6.92 Å². The van der Waals surface area contributed by atoms with Gasteiger partial charge in [-0.3, -0.25) is 9.48 Å². The molecule has 2 aromatic heterocycles. The maximum absolute atomic E-state index is 13.4. The van der Waals surface area contributed by atoms with Crippen LogP contribution in [-0.4, -0.2) is 19.8 Å². The molecule has 174 valence electrons. The van der Waals surface area contributed by atoms with Gasteiger partial charge in [-0.15, -0.1) is 11.3 Å². The van der Waals surface area contributed by atoms with Crippen LogP contribution in [0.15, 0.2) is 79.3 Å². The highest BCUT2D eigenvalue weighted by Crippen LogP contribution is 2.25. The standard InChI is InChI=1S/C26H26BrN5OS/c1-18-24(25(33)32(30(18)2)22-14-7-4-8-15-22)28-26-31(29-21-12-5-3-6-13-21)23(17-34-26)19-10-9-11-20(27)16-19/h4,7-11,14-17H,3,5-6,12-13H2,1-2H3. The zero-order valence-corrected chi connectivity index (χ0v) is 21.6. The molecule has 1 aliphatic rings. The van der Waals surface area contributed by atoms with Gasteiger partial charge >= 0.3 is 0 Å². The molecule has 2 heterocycles. The quantitative estimate of drug-likeness (QED) is 0.308. The molecular formula is C26H26BrN5OS. The van der Waals surface area contributed by atoms with Gasteiger partial charge in [-0.2, -0.15) is 5.10 Å². The second-order valence-electron chi connectivity index (χ2n) is 8.47. The molecule has 0 amide bonds. The molecule has 2 aromatic carbocycles. The number of thiazole rings is 1. The van der Waals surface area contributed by atoms with E-state index in [0.29, 0.717) is 10.5 Å². The Labute approximate surface area is 210 Å². The number of aromatic nitrogens is 3. The normalized spacial score (nSPS) is 14.6. The van der Waals surface area contributed by atoms with Crippen LogP contribution < -0.4 is 10.4 Å². The Kier molecular flexibility index (Phi) is 6.52. The van der Waals surface area contributed by atoms with Gasteiger partial charge in [0.25, 0.3) is 5.56 Å². The predicted octanol–water partition coefficient (Wildman–Crippen LogP) is 6.18. The van der Waals surface area contributed by atoms with E-state index in [-0.39, 0.29) is 5.56 Å². The SMILES string of the molecule is Cc1c(N=c2scc(-c3cccc(Br)c3)n2N=C2CCCCC2)c(=O)n(-c2ccccc2)n1C. The number of hydrogen-bond donors (Lipinski definition) is 0. The third-order valence-corrected chi connectivity index (χ3v) is 7.52. The van der Waals surface area contributed by atoms with Crippen LogP contribution in [0.3, 0.4) is 0 Å². The first kappa shape index (κ1) is 22.8. The Hall–Kier alpha value is -2.97. The molecular weight excluding hydrogens is 510 g/mol. The molecule has 0 bridgehead atoms. The summed E-state index contributed by atoms with van der Waals surface area (Å²) < 4.78 is 6.45. The summed E-state index contributed by atoms with van der Waals surface area (Å²) in [6, 6.07) is 17.8. The maximum atomic E-state index is 13.4. The molecule has 1 fully saturated rings. The van der Waals surface area contributed by atoms with Gasteiger partial charge in [-0.05, 0) is 56.9 Å². The number of benzene rings is 2. The second kappa shape index (κ2) is 9.72. The molecule has 6 nitrogen and oxygen atoms in total. The maximum Gasteiger partial charge on any atom is 0.297 e. The smallest absolute Gasteiger partial charge is 0.283 e. The minimum absolute atomic E-state index is 0.138. The van der Waals surface area contributed by atoms with Crippen molar-refractivity contribution in [3.05, 3.63) is 85.3 Å². The Balaban J connectivity index is 1.71. The van der Waals surface area contributed by atoms with E-state index in [4.69, 9.17) is 10.1 Å². The summed E-state index contributed by atoms with van der Waals surface area (Å²) >= 11 is 5.09. The number of halogens is 1. The lowest BCUT2D eigenvalue weighted by molar-refractivity contribution is 0.630. The van der Waals surface area contributed by atoms with Crippen LogP contribution in [0.5, 0.6) is 0 Å². The Morgan fingerprint density at radius 1 is 1.00 bits per heavy atom. The largest absolute Gasteiger partial charge is 0.297 e. The van der Waals surface area contributed by atoms with E-state index in [0.717, 1.165) is 40.0 Å². The fourth-order valence-corrected chi connectivity index (χ4v) is 5.54. The zero-order chi connectivity index (χ0) is 23.7. The monoisotopic (exact) mass is 535 g/mol. The van der Waals surface area contributed by atoms with Crippen molar-refractivity contribution >= 4 is 38.7 Å². The van der Waals surface area contributed by atoms with Gasteiger partial charge in [-0.1, -0.05) is 52.7 Å². The lowest BCUT2D eigenvalue weighted by atomic mass is 9.99. The van der Waals surface area contributed by atoms with Crippen LogP contribution >= 0.6 is 27.3 Å². The summed E-state index contributed by atoms with van der Waals surface area (Å²) in [6.45, 7) is 1.93. The molecule has 0 N–H and O–H groups in total. The fraction of sp³-hybridized carbons (Fsp3) is 0.269. The van der Waals surface area contributed by atoms with E-state index in [1.54, 1.807) is 4.68 Å². The number of hydrogen-bond acceptors (Lipinski definition) is 4. The van der Waals surface area contributed by atoms with Crippen molar-refractivity contribution in [1.29, 1.82) is 0 Å². The van der Waals surface area contributed by atoms with Crippen molar-refractivity contribution < 1.29 is 0 Å². The Morgan fingerprint density at radius 2 is 1.76 bits per heavy atom. The van der Waals surface area contributed by atoms with Crippen molar-refractivity contribution in [1.82, 2.24) is 14.0 Å². The molecule has 0 saturated heterocycles. The van der Waals surface area contributed by atoms with Gasteiger partial charge in [0.1, 0.15) is 0 Å². The Bertz CT molecular complexity index is 1480. The molecule has 4 aromatic rings. The number of nitrogens with zero attached hydrogens (tertiary/aromatic N) is 5. The molecule has 0 atom stereocenters. The van der Waals surface area contributed by atoms with E-state index in [1.165, 1.54) is 36.3 Å². The van der Waals surface area contributed by atoms with E-state index in [1.807, 2.05) is 65.8 Å². The lowest BCUT2D eigenvalue weighted by Gasteiger charge is -2.13. The molecule has 1 aliphatic carbocycles. The van der Waals surface area contributed by atoms with Gasteiger partial charge in [0, 0.05) is 28.2 Å².